The lowest BCUT2D eigenvalue weighted by Crippen LogP contribution is -2.04. The summed E-state index contributed by atoms with van der Waals surface area (Å²) < 4.78 is 0. The molecule has 2 aromatic carbocycles. The Hall–Kier alpha value is -0.980. The lowest BCUT2D eigenvalue weighted by Gasteiger charge is -2.19. The zero-order valence-electron chi connectivity index (χ0n) is 10.4. The van der Waals surface area contributed by atoms with Crippen molar-refractivity contribution in [3.63, 3.8) is 0 Å². The van der Waals surface area contributed by atoms with Crippen LogP contribution in [0.15, 0.2) is 48.5 Å². The molecule has 0 spiro atoms. The van der Waals surface area contributed by atoms with Crippen molar-refractivity contribution >= 4 is 23.2 Å². The molecule has 0 N–H and O–H groups in total. The number of hydrogen-bond acceptors (Lipinski definition) is 0. The van der Waals surface area contributed by atoms with Crippen LogP contribution in [0.2, 0.25) is 5.02 Å². The highest BCUT2D eigenvalue weighted by atomic mass is 35.5. The summed E-state index contributed by atoms with van der Waals surface area (Å²) in [5, 5.41) is 0.771. The largest absolute Gasteiger partial charge is 0.127 e. The molecule has 0 amide bonds. The van der Waals surface area contributed by atoms with Gasteiger partial charge in [-0.25, -0.2) is 0 Å². The molecule has 2 aromatic rings. The third kappa shape index (κ3) is 3.07. The first-order valence-electron chi connectivity index (χ1n) is 6.09. The molecule has 1 unspecified atom stereocenters. The molecule has 18 heavy (non-hydrogen) atoms. The molecule has 0 radical (unpaired) electrons. The Balaban J connectivity index is 2.40. The van der Waals surface area contributed by atoms with Crippen molar-refractivity contribution in [2.45, 2.75) is 19.3 Å². The van der Waals surface area contributed by atoms with Gasteiger partial charge in [-0.15, -0.1) is 11.6 Å². The Morgan fingerprint density at radius 1 is 1.00 bits per heavy atom. The fourth-order valence-electron chi connectivity index (χ4n) is 2.28. The molecule has 0 saturated heterocycles. The minimum Gasteiger partial charge on any atom is -0.127 e. The normalized spacial score (nSPS) is 12.4. The summed E-state index contributed by atoms with van der Waals surface area (Å²) in [4.78, 5) is 0. The second-order valence-corrected chi connectivity index (χ2v) is 5.25. The average Bonchev–Trinajstić information content (AvgIpc) is 2.38. The van der Waals surface area contributed by atoms with E-state index in [0.29, 0.717) is 11.8 Å². The third-order valence-corrected chi connectivity index (χ3v) is 3.70. The van der Waals surface area contributed by atoms with Crippen molar-refractivity contribution < 1.29 is 0 Å². The number of benzene rings is 2. The van der Waals surface area contributed by atoms with Crippen molar-refractivity contribution in [2.75, 3.05) is 5.88 Å². The molecule has 0 aromatic heterocycles. The van der Waals surface area contributed by atoms with E-state index in [2.05, 4.69) is 43.3 Å². The molecule has 0 aliphatic carbocycles. The summed E-state index contributed by atoms with van der Waals surface area (Å²) in [7, 11) is 0. The third-order valence-electron chi connectivity index (χ3n) is 3.23. The van der Waals surface area contributed by atoms with Gasteiger partial charge in [-0.3, -0.25) is 0 Å². The van der Waals surface area contributed by atoms with E-state index in [1.54, 1.807) is 0 Å². The van der Waals surface area contributed by atoms with Gasteiger partial charge in [0, 0.05) is 16.8 Å². The van der Waals surface area contributed by atoms with Crippen LogP contribution in [0.5, 0.6) is 0 Å². The van der Waals surface area contributed by atoms with Crippen molar-refractivity contribution in [3.05, 3.63) is 70.2 Å². The number of alkyl halides is 1. The molecule has 0 fully saturated rings. The number of aryl methyl sites for hydroxylation is 1. The second kappa shape index (κ2) is 6.26. The Labute approximate surface area is 119 Å². The zero-order chi connectivity index (χ0) is 13.0. The van der Waals surface area contributed by atoms with Crippen LogP contribution in [0.3, 0.4) is 0 Å². The molecule has 94 valence electrons. The van der Waals surface area contributed by atoms with E-state index in [0.717, 1.165) is 11.4 Å². The molecule has 0 bridgehead atoms. The Kier molecular flexibility index (Phi) is 4.68. The monoisotopic (exact) mass is 278 g/mol. The highest BCUT2D eigenvalue weighted by Gasteiger charge is 2.15. The zero-order valence-corrected chi connectivity index (χ0v) is 11.9. The van der Waals surface area contributed by atoms with Crippen LogP contribution in [0.1, 0.15) is 29.0 Å². The fourth-order valence-corrected chi connectivity index (χ4v) is 2.63. The maximum atomic E-state index is 5.95. The molecule has 2 heteroatoms. The van der Waals surface area contributed by atoms with Crippen molar-refractivity contribution in [1.29, 1.82) is 0 Å². The van der Waals surface area contributed by atoms with E-state index in [9.17, 15) is 0 Å². The van der Waals surface area contributed by atoms with Gasteiger partial charge in [-0.2, -0.15) is 0 Å². The van der Waals surface area contributed by atoms with Crippen molar-refractivity contribution in [1.82, 2.24) is 0 Å². The highest BCUT2D eigenvalue weighted by Crippen LogP contribution is 2.31. The molecule has 2 rings (SSSR count). The standard InChI is InChI=1S/C16H16Cl2/c1-12-4-2-3-5-15(12)16(10-11-17)13-6-8-14(18)9-7-13/h2-9,16H,10-11H2,1H3. The number of hydrogen-bond donors (Lipinski definition) is 0. The van der Waals surface area contributed by atoms with Crippen LogP contribution in [-0.4, -0.2) is 5.88 Å². The molecule has 0 aliphatic rings. The highest BCUT2D eigenvalue weighted by molar-refractivity contribution is 6.30. The van der Waals surface area contributed by atoms with Crippen LogP contribution in [-0.2, 0) is 0 Å². The lowest BCUT2D eigenvalue weighted by atomic mass is 9.87. The molecule has 0 nitrogen and oxygen atoms in total. The molecule has 0 saturated carbocycles. The van der Waals surface area contributed by atoms with E-state index in [1.165, 1.54) is 16.7 Å². The van der Waals surface area contributed by atoms with E-state index in [4.69, 9.17) is 23.2 Å². The van der Waals surface area contributed by atoms with Crippen molar-refractivity contribution in [2.24, 2.45) is 0 Å². The van der Waals surface area contributed by atoms with Gasteiger partial charge in [-0.1, -0.05) is 48.0 Å². The second-order valence-electron chi connectivity index (χ2n) is 4.44. The number of halogens is 2. The van der Waals surface area contributed by atoms with Crippen LogP contribution >= 0.6 is 23.2 Å². The summed E-state index contributed by atoms with van der Waals surface area (Å²) in [5.74, 6) is 1.00. The van der Waals surface area contributed by atoms with E-state index >= 15 is 0 Å². The summed E-state index contributed by atoms with van der Waals surface area (Å²) >= 11 is 11.9. The molecule has 0 heterocycles. The van der Waals surface area contributed by atoms with Crippen LogP contribution in [0.4, 0.5) is 0 Å². The summed E-state index contributed by atoms with van der Waals surface area (Å²) in [6.07, 6.45) is 0.939. The number of rotatable bonds is 4. The Morgan fingerprint density at radius 2 is 1.67 bits per heavy atom. The smallest absolute Gasteiger partial charge is 0.0406 e. The van der Waals surface area contributed by atoms with Gasteiger partial charge in [0.25, 0.3) is 0 Å². The minimum atomic E-state index is 0.348. The van der Waals surface area contributed by atoms with Gasteiger partial charge in [0.2, 0.25) is 0 Å². The van der Waals surface area contributed by atoms with E-state index < -0.39 is 0 Å². The van der Waals surface area contributed by atoms with Crippen LogP contribution in [0.25, 0.3) is 0 Å². The van der Waals surface area contributed by atoms with Gasteiger partial charge in [0.1, 0.15) is 0 Å². The quantitative estimate of drug-likeness (QED) is 0.656. The van der Waals surface area contributed by atoms with Gasteiger partial charge < -0.3 is 0 Å². The predicted octanol–water partition coefficient (Wildman–Crippen LogP) is 5.41. The summed E-state index contributed by atoms with van der Waals surface area (Å²) in [6.45, 7) is 2.15. The SMILES string of the molecule is Cc1ccccc1C(CCCl)c1ccc(Cl)cc1. The fraction of sp³-hybridized carbons (Fsp3) is 0.250. The minimum absolute atomic E-state index is 0.348. The molecular formula is C16H16Cl2. The topological polar surface area (TPSA) is 0 Å². The summed E-state index contributed by atoms with van der Waals surface area (Å²) in [6, 6.07) is 16.5. The first-order chi connectivity index (χ1) is 8.72. The summed E-state index contributed by atoms with van der Waals surface area (Å²) in [5.41, 5.74) is 3.93. The van der Waals surface area contributed by atoms with E-state index in [-0.39, 0.29) is 0 Å². The average molecular weight is 279 g/mol. The first-order valence-corrected chi connectivity index (χ1v) is 7.00. The predicted molar refractivity (Wildman–Crippen MR) is 79.8 cm³/mol. The van der Waals surface area contributed by atoms with Crippen LogP contribution < -0.4 is 0 Å². The maximum absolute atomic E-state index is 5.95. The maximum Gasteiger partial charge on any atom is 0.0406 e. The molecular weight excluding hydrogens is 263 g/mol. The van der Waals surface area contributed by atoms with Gasteiger partial charge in [0.05, 0.1) is 0 Å². The Morgan fingerprint density at radius 3 is 2.28 bits per heavy atom. The van der Waals surface area contributed by atoms with Gasteiger partial charge in [0.15, 0.2) is 0 Å². The van der Waals surface area contributed by atoms with Gasteiger partial charge in [-0.05, 0) is 42.2 Å². The molecule has 1 atom stereocenters. The Bertz CT molecular complexity index is 503. The first kappa shape index (κ1) is 13.5. The van der Waals surface area contributed by atoms with Crippen LogP contribution in [0, 0.1) is 6.92 Å². The lowest BCUT2D eigenvalue weighted by molar-refractivity contribution is 0.776. The molecule has 0 aliphatic heterocycles. The van der Waals surface area contributed by atoms with E-state index in [1.807, 2.05) is 12.1 Å². The van der Waals surface area contributed by atoms with Gasteiger partial charge >= 0.3 is 0 Å². The van der Waals surface area contributed by atoms with Crippen molar-refractivity contribution in [3.8, 4) is 0 Å².